The third-order valence-electron chi connectivity index (χ3n) is 3.48. The molecule has 0 aliphatic carbocycles. The monoisotopic (exact) mass is 297 g/mol. The molecule has 0 atom stereocenters. The molecule has 0 bridgehead atoms. The number of rotatable bonds is 3. The largest absolute Gasteiger partial charge is 0.465 e. The van der Waals surface area contributed by atoms with Gasteiger partial charge in [-0.05, 0) is 44.0 Å². The maximum Gasteiger partial charge on any atom is 0.339 e. The fourth-order valence-corrected chi connectivity index (χ4v) is 2.60. The second-order valence-electron chi connectivity index (χ2n) is 5.27. The van der Waals surface area contributed by atoms with Crippen LogP contribution in [0.5, 0.6) is 0 Å². The highest BCUT2D eigenvalue weighted by Gasteiger charge is 2.17. The van der Waals surface area contributed by atoms with Crippen molar-refractivity contribution in [2.75, 3.05) is 12.4 Å². The van der Waals surface area contributed by atoms with Crippen molar-refractivity contribution in [1.29, 1.82) is 0 Å². The number of ether oxygens (including phenoxy) is 1. The summed E-state index contributed by atoms with van der Waals surface area (Å²) in [5, 5.41) is 2.80. The Hall–Kier alpha value is -2.62. The van der Waals surface area contributed by atoms with Crippen molar-refractivity contribution in [2.24, 2.45) is 0 Å². The van der Waals surface area contributed by atoms with Gasteiger partial charge in [0, 0.05) is 5.56 Å². The highest BCUT2D eigenvalue weighted by atomic mass is 16.5. The first-order valence-electron chi connectivity index (χ1n) is 7.00. The summed E-state index contributed by atoms with van der Waals surface area (Å²) in [6.07, 6.45) is 0. The van der Waals surface area contributed by atoms with Crippen LogP contribution in [0.25, 0.3) is 0 Å². The van der Waals surface area contributed by atoms with E-state index in [1.54, 1.807) is 24.3 Å². The molecule has 0 aromatic heterocycles. The van der Waals surface area contributed by atoms with Crippen molar-refractivity contribution in [1.82, 2.24) is 0 Å². The Morgan fingerprint density at radius 3 is 2.18 bits per heavy atom. The molecule has 0 spiro atoms. The molecule has 1 amide bonds. The van der Waals surface area contributed by atoms with E-state index in [-0.39, 0.29) is 5.91 Å². The Morgan fingerprint density at radius 2 is 1.59 bits per heavy atom. The molecule has 0 unspecified atom stereocenters. The fourth-order valence-electron chi connectivity index (χ4n) is 2.60. The number of carbonyl (C=O) groups excluding carboxylic acids is 2. The molecule has 0 saturated heterocycles. The lowest BCUT2D eigenvalue weighted by atomic mass is 9.99. The number of hydrogen-bond donors (Lipinski definition) is 1. The molecule has 22 heavy (non-hydrogen) atoms. The van der Waals surface area contributed by atoms with E-state index in [2.05, 4.69) is 5.32 Å². The summed E-state index contributed by atoms with van der Waals surface area (Å²) in [4.78, 5) is 24.3. The topological polar surface area (TPSA) is 55.4 Å². The SMILES string of the molecule is COC(=O)c1ccccc1NC(=O)c1c(C)cc(C)cc1C. The van der Waals surface area contributed by atoms with Gasteiger partial charge < -0.3 is 10.1 Å². The number of para-hydroxylation sites is 1. The summed E-state index contributed by atoms with van der Waals surface area (Å²) >= 11 is 0. The van der Waals surface area contributed by atoms with Gasteiger partial charge in [0.25, 0.3) is 5.91 Å². The molecular formula is C18H19NO3. The minimum atomic E-state index is -0.478. The molecular weight excluding hydrogens is 278 g/mol. The summed E-state index contributed by atoms with van der Waals surface area (Å²) in [5.41, 5.74) is 4.34. The lowest BCUT2D eigenvalue weighted by molar-refractivity contribution is 0.0602. The molecule has 0 aliphatic rings. The van der Waals surface area contributed by atoms with E-state index in [9.17, 15) is 9.59 Å². The van der Waals surface area contributed by atoms with Crippen LogP contribution in [-0.4, -0.2) is 19.0 Å². The molecule has 1 N–H and O–H groups in total. The number of nitrogens with one attached hydrogen (secondary N) is 1. The van der Waals surface area contributed by atoms with E-state index in [0.29, 0.717) is 16.8 Å². The number of methoxy groups -OCH3 is 1. The van der Waals surface area contributed by atoms with Crippen LogP contribution >= 0.6 is 0 Å². The van der Waals surface area contributed by atoms with Gasteiger partial charge in [-0.3, -0.25) is 4.79 Å². The number of benzene rings is 2. The molecule has 2 aromatic carbocycles. The zero-order valence-electron chi connectivity index (χ0n) is 13.2. The van der Waals surface area contributed by atoms with Crippen molar-refractivity contribution >= 4 is 17.6 Å². The second kappa shape index (κ2) is 6.43. The number of aryl methyl sites for hydroxylation is 3. The van der Waals surface area contributed by atoms with Gasteiger partial charge in [-0.2, -0.15) is 0 Å². The first kappa shape index (κ1) is 15.8. The number of anilines is 1. The van der Waals surface area contributed by atoms with Gasteiger partial charge in [0.15, 0.2) is 0 Å². The Bertz CT molecular complexity index is 712. The Balaban J connectivity index is 2.37. The zero-order valence-corrected chi connectivity index (χ0v) is 13.2. The van der Waals surface area contributed by atoms with E-state index >= 15 is 0 Å². The normalized spacial score (nSPS) is 10.2. The Kier molecular flexibility index (Phi) is 4.61. The highest BCUT2D eigenvalue weighted by Crippen LogP contribution is 2.21. The van der Waals surface area contributed by atoms with Gasteiger partial charge in [0.2, 0.25) is 0 Å². The average molecular weight is 297 g/mol. The summed E-state index contributed by atoms with van der Waals surface area (Å²) in [6, 6.07) is 10.7. The van der Waals surface area contributed by atoms with Gasteiger partial charge in [-0.25, -0.2) is 4.79 Å². The second-order valence-corrected chi connectivity index (χ2v) is 5.27. The van der Waals surface area contributed by atoms with Crippen LogP contribution in [0.1, 0.15) is 37.4 Å². The third kappa shape index (κ3) is 3.17. The number of carbonyl (C=O) groups is 2. The first-order chi connectivity index (χ1) is 10.4. The molecule has 2 aromatic rings. The molecule has 4 heteroatoms. The van der Waals surface area contributed by atoms with Crippen LogP contribution in [0.3, 0.4) is 0 Å². The molecule has 0 fully saturated rings. The van der Waals surface area contributed by atoms with Crippen LogP contribution in [0.4, 0.5) is 5.69 Å². The van der Waals surface area contributed by atoms with Crippen LogP contribution in [0.15, 0.2) is 36.4 Å². The quantitative estimate of drug-likeness (QED) is 0.880. The minimum Gasteiger partial charge on any atom is -0.465 e. The van der Waals surface area contributed by atoms with Crippen LogP contribution in [0.2, 0.25) is 0 Å². The lowest BCUT2D eigenvalue weighted by Crippen LogP contribution is -2.17. The lowest BCUT2D eigenvalue weighted by Gasteiger charge is -2.13. The van der Waals surface area contributed by atoms with E-state index in [1.807, 2.05) is 32.9 Å². The highest BCUT2D eigenvalue weighted by molar-refractivity contribution is 6.09. The molecule has 0 radical (unpaired) electrons. The molecule has 4 nitrogen and oxygen atoms in total. The minimum absolute atomic E-state index is 0.230. The summed E-state index contributed by atoms with van der Waals surface area (Å²) < 4.78 is 4.74. The zero-order chi connectivity index (χ0) is 16.3. The molecule has 0 heterocycles. The van der Waals surface area contributed by atoms with Crippen LogP contribution in [0, 0.1) is 20.8 Å². The van der Waals surface area contributed by atoms with Crippen LogP contribution in [-0.2, 0) is 4.74 Å². The molecule has 2 rings (SSSR count). The first-order valence-corrected chi connectivity index (χ1v) is 7.00. The molecule has 0 aliphatic heterocycles. The predicted molar refractivity (Wildman–Crippen MR) is 86.4 cm³/mol. The van der Waals surface area contributed by atoms with Crippen molar-refractivity contribution in [3.05, 3.63) is 64.2 Å². The third-order valence-corrected chi connectivity index (χ3v) is 3.48. The molecule has 0 saturated carbocycles. The van der Waals surface area contributed by atoms with Crippen molar-refractivity contribution in [3.63, 3.8) is 0 Å². The summed E-state index contributed by atoms with van der Waals surface area (Å²) in [7, 11) is 1.31. The van der Waals surface area contributed by atoms with Crippen LogP contribution < -0.4 is 5.32 Å². The summed E-state index contributed by atoms with van der Waals surface area (Å²) in [5.74, 6) is -0.709. The maximum atomic E-state index is 12.6. The Morgan fingerprint density at radius 1 is 1.00 bits per heavy atom. The predicted octanol–water partition coefficient (Wildman–Crippen LogP) is 3.65. The van der Waals surface area contributed by atoms with E-state index in [1.165, 1.54) is 7.11 Å². The van der Waals surface area contributed by atoms with E-state index in [4.69, 9.17) is 4.74 Å². The number of amides is 1. The maximum absolute atomic E-state index is 12.6. The van der Waals surface area contributed by atoms with Crippen molar-refractivity contribution < 1.29 is 14.3 Å². The number of esters is 1. The van der Waals surface area contributed by atoms with Gasteiger partial charge in [-0.1, -0.05) is 29.8 Å². The van der Waals surface area contributed by atoms with E-state index < -0.39 is 5.97 Å². The van der Waals surface area contributed by atoms with Gasteiger partial charge >= 0.3 is 5.97 Å². The summed E-state index contributed by atoms with van der Waals surface area (Å²) in [6.45, 7) is 5.80. The van der Waals surface area contributed by atoms with Gasteiger partial charge in [0.1, 0.15) is 0 Å². The van der Waals surface area contributed by atoms with Gasteiger partial charge in [-0.15, -0.1) is 0 Å². The average Bonchev–Trinajstić information content (AvgIpc) is 2.46. The Labute approximate surface area is 130 Å². The van der Waals surface area contributed by atoms with Crippen molar-refractivity contribution in [3.8, 4) is 0 Å². The molecule has 114 valence electrons. The standard InChI is InChI=1S/C18H19NO3/c1-11-9-12(2)16(13(3)10-11)17(20)19-15-8-6-5-7-14(15)18(21)22-4/h5-10H,1-4H3,(H,19,20). The van der Waals surface area contributed by atoms with E-state index in [0.717, 1.165) is 16.7 Å². The smallest absolute Gasteiger partial charge is 0.339 e. The van der Waals surface area contributed by atoms with Crippen molar-refractivity contribution in [2.45, 2.75) is 20.8 Å². The van der Waals surface area contributed by atoms with Gasteiger partial charge in [0.05, 0.1) is 18.4 Å². The fraction of sp³-hybridized carbons (Fsp3) is 0.222. The number of hydrogen-bond acceptors (Lipinski definition) is 3.